The molecule has 0 bridgehead atoms. The summed E-state index contributed by atoms with van der Waals surface area (Å²) in [5.74, 6) is 0.787. The number of aromatic nitrogens is 1. The molecule has 1 fully saturated rings. The smallest absolute Gasteiger partial charge is 0.185 e. The lowest BCUT2D eigenvalue weighted by molar-refractivity contribution is 0.122. The van der Waals surface area contributed by atoms with Gasteiger partial charge in [-0.1, -0.05) is 11.3 Å². The maximum atomic E-state index is 8.99. The lowest BCUT2D eigenvalue weighted by atomic mass is 10.4. The van der Waals surface area contributed by atoms with Crippen molar-refractivity contribution in [2.45, 2.75) is 0 Å². The zero-order valence-corrected chi connectivity index (χ0v) is 9.30. The van der Waals surface area contributed by atoms with E-state index in [2.05, 4.69) is 21.3 Å². The van der Waals surface area contributed by atoms with E-state index in [0.29, 0.717) is 18.1 Å². The molecule has 0 saturated carbocycles. The highest BCUT2D eigenvalue weighted by molar-refractivity contribution is 7.16. The molecule has 2 heterocycles. The van der Waals surface area contributed by atoms with Gasteiger partial charge < -0.3 is 15.0 Å². The Bertz CT molecular complexity index is 378. The predicted octanol–water partition coefficient (Wildman–Crippen LogP) is 0.893. The molecule has 1 aromatic rings. The van der Waals surface area contributed by atoms with Crippen LogP contribution in [0.4, 0.5) is 10.9 Å². The number of thiazole rings is 1. The first-order chi connectivity index (χ1) is 7.35. The lowest BCUT2D eigenvalue weighted by Crippen LogP contribution is -2.36. The molecule has 15 heavy (non-hydrogen) atoms. The Hall–Kier alpha value is -1.32. The highest BCUT2D eigenvalue weighted by Gasteiger charge is 2.19. The second kappa shape index (κ2) is 4.47. The fourth-order valence-electron chi connectivity index (χ4n) is 1.48. The minimum atomic E-state index is 0.668. The van der Waals surface area contributed by atoms with Crippen LogP contribution in [0.15, 0.2) is 0 Å². The predicted molar refractivity (Wildman–Crippen MR) is 59.4 cm³/mol. The van der Waals surface area contributed by atoms with Gasteiger partial charge in [0.15, 0.2) is 15.8 Å². The van der Waals surface area contributed by atoms with Gasteiger partial charge in [0, 0.05) is 20.1 Å². The molecule has 2 rings (SSSR count). The summed E-state index contributed by atoms with van der Waals surface area (Å²) >= 11 is 1.39. The van der Waals surface area contributed by atoms with E-state index in [9.17, 15) is 0 Å². The Balaban J connectivity index is 2.25. The number of hydrogen-bond donors (Lipinski definition) is 1. The summed E-state index contributed by atoms with van der Waals surface area (Å²) in [6.07, 6.45) is 0. The van der Waals surface area contributed by atoms with Gasteiger partial charge in [-0.3, -0.25) is 0 Å². The molecule has 6 heteroatoms. The second-order valence-electron chi connectivity index (χ2n) is 3.13. The van der Waals surface area contributed by atoms with Gasteiger partial charge in [-0.05, 0) is 0 Å². The van der Waals surface area contributed by atoms with E-state index in [4.69, 9.17) is 10.00 Å². The molecule has 0 aromatic carbocycles. The summed E-state index contributed by atoms with van der Waals surface area (Å²) in [6, 6.07) is 2.18. The van der Waals surface area contributed by atoms with Gasteiger partial charge in [-0.25, -0.2) is 4.98 Å². The van der Waals surface area contributed by atoms with E-state index < -0.39 is 0 Å². The van der Waals surface area contributed by atoms with Gasteiger partial charge >= 0.3 is 0 Å². The maximum absolute atomic E-state index is 8.99. The van der Waals surface area contributed by atoms with Crippen molar-refractivity contribution in [3.05, 3.63) is 4.88 Å². The van der Waals surface area contributed by atoms with E-state index in [1.807, 2.05) is 7.05 Å². The lowest BCUT2D eigenvalue weighted by Gasteiger charge is -2.26. The summed E-state index contributed by atoms with van der Waals surface area (Å²) in [7, 11) is 1.81. The number of nitrogens with one attached hydrogen (secondary N) is 1. The summed E-state index contributed by atoms with van der Waals surface area (Å²) in [4.78, 5) is 7.14. The number of nitriles is 1. The average Bonchev–Trinajstić information content (AvgIpc) is 2.73. The topological polar surface area (TPSA) is 61.2 Å². The quantitative estimate of drug-likeness (QED) is 0.808. The molecule has 1 N–H and O–H groups in total. The van der Waals surface area contributed by atoms with Crippen LogP contribution in [0.5, 0.6) is 0 Å². The molecule has 0 radical (unpaired) electrons. The fourth-order valence-corrected chi connectivity index (χ4v) is 2.22. The van der Waals surface area contributed by atoms with Crippen LogP contribution in [0.1, 0.15) is 4.88 Å². The van der Waals surface area contributed by atoms with Crippen molar-refractivity contribution < 1.29 is 4.74 Å². The van der Waals surface area contributed by atoms with Crippen LogP contribution in [-0.2, 0) is 4.74 Å². The molecule has 0 spiro atoms. The van der Waals surface area contributed by atoms with E-state index in [1.54, 1.807) is 0 Å². The van der Waals surface area contributed by atoms with Crippen molar-refractivity contribution in [3.8, 4) is 6.07 Å². The average molecular weight is 224 g/mol. The van der Waals surface area contributed by atoms with Crippen LogP contribution in [0.2, 0.25) is 0 Å². The molecule has 1 aliphatic heterocycles. The van der Waals surface area contributed by atoms with E-state index in [-0.39, 0.29) is 0 Å². The second-order valence-corrected chi connectivity index (χ2v) is 4.13. The molecule has 1 saturated heterocycles. The largest absolute Gasteiger partial charge is 0.378 e. The minimum absolute atomic E-state index is 0.668. The third kappa shape index (κ3) is 2.03. The third-order valence-electron chi connectivity index (χ3n) is 2.24. The first kappa shape index (κ1) is 10.2. The highest BCUT2D eigenvalue weighted by atomic mass is 32.1. The van der Waals surface area contributed by atoms with Crippen molar-refractivity contribution in [1.29, 1.82) is 5.26 Å². The number of rotatable bonds is 2. The van der Waals surface area contributed by atoms with Gasteiger partial charge in [0.05, 0.1) is 13.2 Å². The van der Waals surface area contributed by atoms with Gasteiger partial charge in [0.25, 0.3) is 0 Å². The molecular weight excluding hydrogens is 212 g/mol. The Morgan fingerprint density at radius 2 is 2.27 bits per heavy atom. The van der Waals surface area contributed by atoms with Crippen LogP contribution >= 0.6 is 11.3 Å². The highest BCUT2D eigenvalue weighted by Crippen LogP contribution is 2.29. The van der Waals surface area contributed by atoms with Crippen molar-refractivity contribution in [3.63, 3.8) is 0 Å². The van der Waals surface area contributed by atoms with Crippen LogP contribution in [0.25, 0.3) is 0 Å². The fraction of sp³-hybridized carbons (Fsp3) is 0.556. The normalized spacial score (nSPS) is 16.1. The van der Waals surface area contributed by atoms with E-state index in [0.717, 1.165) is 24.0 Å². The van der Waals surface area contributed by atoms with Crippen molar-refractivity contribution in [2.75, 3.05) is 43.6 Å². The van der Waals surface area contributed by atoms with Gasteiger partial charge in [-0.2, -0.15) is 5.26 Å². The molecule has 0 amide bonds. The standard InChI is InChI=1S/C9H12N4OS/c1-11-9-12-8(7(6-10)15-9)13-2-4-14-5-3-13/h2-5H2,1H3,(H,11,12). The van der Waals surface area contributed by atoms with Crippen molar-refractivity contribution >= 4 is 22.3 Å². The monoisotopic (exact) mass is 224 g/mol. The van der Waals surface area contributed by atoms with E-state index in [1.165, 1.54) is 11.3 Å². The Morgan fingerprint density at radius 3 is 2.87 bits per heavy atom. The van der Waals surface area contributed by atoms with Crippen LogP contribution in [0, 0.1) is 11.3 Å². The summed E-state index contributed by atoms with van der Waals surface area (Å²) in [5, 5.41) is 12.7. The molecular formula is C9H12N4OS. The molecule has 1 aromatic heterocycles. The summed E-state index contributed by atoms with van der Waals surface area (Å²) in [6.45, 7) is 3.03. The number of morpholine rings is 1. The minimum Gasteiger partial charge on any atom is -0.378 e. The van der Waals surface area contributed by atoms with E-state index >= 15 is 0 Å². The van der Waals surface area contributed by atoms with Crippen LogP contribution < -0.4 is 10.2 Å². The SMILES string of the molecule is CNc1nc(N2CCOCC2)c(C#N)s1. The maximum Gasteiger partial charge on any atom is 0.185 e. The van der Waals surface area contributed by atoms with Crippen molar-refractivity contribution in [2.24, 2.45) is 0 Å². The number of hydrogen-bond acceptors (Lipinski definition) is 6. The number of anilines is 2. The molecule has 0 aliphatic carbocycles. The van der Waals surface area contributed by atoms with Crippen LogP contribution in [0.3, 0.4) is 0 Å². The van der Waals surface area contributed by atoms with Gasteiger partial charge in [-0.15, -0.1) is 0 Å². The number of ether oxygens (including phenoxy) is 1. The molecule has 80 valence electrons. The van der Waals surface area contributed by atoms with Crippen molar-refractivity contribution in [1.82, 2.24) is 4.98 Å². The Labute approximate surface area is 92.3 Å². The van der Waals surface area contributed by atoms with Gasteiger partial charge in [0.1, 0.15) is 6.07 Å². The first-order valence-electron chi connectivity index (χ1n) is 4.76. The molecule has 1 aliphatic rings. The number of nitrogens with zero attached hydrogens (tertiary/aromatic N) is 3. The van der Waals surface area contributed by atoms with Gasteiger partial charge in [0.2, 0.25) is 0 Å². The Morgan fingerprint density at radius 1 is 1.53 bits per heavy atom. The molecule has 0 unspecified atom stereocenters. The summed E-state index contributed by atoms with van der Waals surface area (Å²) < 4.78 is 5.26. The zero-order chi connectivity index (χ0) is 10.7. The first-order valence-corrected chi connectivity index (χ1v) is 5.58. The summed E-state index contributed by atoms with van der Waals surface area (Å²) in [5.41, 5.74) is 0. The molecule has 5 nitrogen and oxygen atoms in total. The third-order valence-corrected chi connectivity index (χ3v) is 3.20. The molecule has 0 atom stereocenters. The zero-order valence-electron chi connectivity index (χ0n) is 8.49. The van der Waals surface area contributed by atoms with Crippen LogP contribution in [-0.4, -0.2) is 38.3 Å². The Kier molecular flexibility index (Phi) is 3.04.